The van der Waals surface area contributed by atoms with E-state index in [0.717, 1.165) is 43.0 Å². The molecular formula is C16H19N3O. The summed E-state index contributed by atoms with van der Waals surface area (Å²) in [4.78, 5) is 11.2. The van der Waals surface area contributed by atoms with Crippen molar-refractivity contribution < 1.29 is 5.11 Å². The maximum absolute atomic E-state index is 9.00. The summed E-state index contributed by atoms with van der Waals surface area (Å²) in [5.41, 5.74) is 2.18. The zero-order valence-electron chi connectivity index (χ0n) is 11.4. The van der Waals surface area contributed by atoms with E-state index in [2.05, 4.69) is 27.0 Å². The molecule has 4 heteroatoms. The van der Waals surface area contributed by atoms with E-state index < -0.39 is 0 Å². The van der Waals surface area contributed by atoms with Gasteiger partial charge in [-0.2, -0.15) is 0 Å². The minimum absolute atomic E-state index is 0.270. The number of anilines is 1. The van der Waals surface area contributed by atoms with Gasteiger partial charge in [-0.15, -0.1) is 0 Å². The van der Waals surface area contributed by atoms with Crippen LogP contribution in [0.4, 0.5) is 5.95 Å². The number of aromatic nitrogens is 2. The number of benzene rings is 1. The summed E-state index contributed by atoms with van der Waals surface area (Å²) in [6.07, 6.45) is 5.76. The highest BCUT2D eigenvalue weighted by Gasteiger charge is 2.23. The molecule has 1 fully saturated rings. The molecule has 1 aliphatic heterocycles. The molecule has 0 bridgehead atoms. The molecule has 1 unspecified atom stereocenters. The van der Waals surface area contributed by atoms with Gasteiger partial charge in [-0.1, -0.05) is 30.3 Å². The Balaban J connectivity index is 1.71. The lowest BCUT2D eigenvalue weighted by Gasteiger charge is -2.16. The zero-order valence-corrected chi connectivity index (χ0v) is 11.4. The molecule has 0 amide bonds. The monoisotopic (exact) mass is 269 g/mol. The quantitative estimate of drug-likeness (QED) is 0.925. The molecule has 2 heterocycles. The van der Waals surface area contributed by atoms with Crippen LogP contribution in [0.25, 0.3) is 11.1 Å². The summed E-state index contributed by atoms with van der Waals surface area (Å²) >= 11 is 0. The van der Waals surface area contributed by atoms with Gasteiger partial charge < -0.3 is 10.0 Å². The van der Waals surface area contributed by atoms with Gasteiger partial charge in [0, 0.05) is 37.7 Å². The van der Waals surface area contributed by atoms with Gasteiger partial charge >= 0.3 is 0 Å². The topological polar surface area (TPSA) is 49.2 Å². The first kappa shape index (κ1) is 13.1. The number of rotatable bonds is 4. The molecule has 1 atom stereocenters. The van der Waals surface area contributed by atoms with E-state index >= 15 is 0 Å². The average Bonchev–Trinajstić information content (AvgIpc) is 2.97. The summed E-state index contributed by atoms with van der Waals surface area (Å²) in [5, 5.41) is 9.00. The van der Waals surface area contributed by atoms with E-state index in [1.165, 1.54) is 0 Å². The fourth-order valence-electron chi connectivity index (χ4n) is 2.70. The van der Waals surface area contributed by atoms with Gasteiger partial charge in [0.25, 0.3) is 0 Å². The van der Waals surface area contributed by atoms with E-state index in [4.69, 9.17) is 5.11 Å². The van der Waals surface area contributed by atoms with Crippen molar-refractivity contribution in [1.82, 2.24) is 9.97 Å². The molecule has 1 N–H and O–H groups in total. The van der Waals surface area contributed by atoms with E-state index in [9.17, 15) is 0 Å². The van der Waals surface area contributed by atoms with Crippen molar-refractivity contribution in [2.24, 2.45) is 5.92 Å². The molecule has 104 valence electrons. The van der Waals surface area contributed by atoms with Gasteiger partial charge in [0.2, 0.25) is 5.95 Å². The van der Waals surface area contributed by atoms with Gasteiger partial charge in [0.05, 0.1) is 0 Å². The van der Waals surface area contributed by atoms with E-state index in [1.807, 2.05) is 30.6 Å². The number of hydrogen-bond donors (Lipinski definition) is 1. The Morgan fingerprint density at radius 2 is 1.85 bits per heavy atom. The summed E-state index contributed by atoms with van der Waals surface area (Å²) in [6, 6.07) is 10.2. The third kappa shape index (κ3) is 2.80. The fraction of sp³-hybridized carbons (Fsp3) is 0.375. The Hall–Kier alpha value is -1.94. The third-order valence-electron chi connectivity index (χ3n) is 3.85. The van der Waals surface area contributed by atoms with Crippen molar-refractivity contribution in [1.29, 1.82) is 0 Å². The molecule has 3 rings (SSSR count). The summed E-state index contributed by atoms with van der Waals surface area (Å²) in [6.45, 7) is 2.20. The van der Waals surface area contributed by atoms with Crippen LogP contribution in [0.2, 0.25) is 0 Å². The van der Waals surface area contributed by atoms with Crippen LogP contribution in [-0.4, -0.2) is 34.8 Å². The molecule has 4 nitrogen and oxygen atoms in total. The lowest BCUT2D eigenvalue weighted by Crippen LogP contribution is -2.22. The molecule has 1 saturated heterocycles. The lowest BCUT2D eigenvalue weighted by molar-refractivity contribution is 0.263. The zero-order chi connectivity index (χ0) is 13.8. The fourth-order valence-corrected chi connectivity index (χ4v) is 2.70. The first-order valence-corrected chi connectivity index (χ1v) is 7.10. The summed E-state index contributed by atoms with van der Waals surface area (Å²) < 4.78 is 0. The van der Waals surface area contributed by atoms with Gasteiger partial charge in [0.15, 0.2) is 0 Å². The molecule has 20 heavy (non-hydrogen) atoms. The second-order valence-corrected chi connectivity index (χ2v) is 5.25. The second-order valence-electron chi connectivity index (χ2n) is 5.25. The molecule has 0 aliphatic carbocycles. The summed E-state index contributed by atoms with van der Waals surface area (Å²) in [7, 11) is 0. The smallest absolute Gasteiger partial charge is 0.225 e. The van der Waals surface area contributed by atoms with Gasteiger partial charge in [-0.05, 0) is 24.3 Å². The predicted octanol–water partition coefficient (Wildman–Crippen LogP) is 2.35. The average molecular weight is 269 g/mol. The van der Waals surface area contributed by atoms with Crippen molar-refractivity contribution in [3.05, 3.63) is 42.7 Å². The molecule has 1 aromatic carbocycles. The minimum Gasteiger partial charge on any atom is -0.396 e. The minimum atomic E-state index is 0.270. The highest BCUT2D eigenvalue weighted by atomic mass is 16.3. The SMILES string of the molecule is OCCC1CCN(c2ncc(-c3ccccc3)cn2)C1. The number of nitrogens with zero attached hydrogens (tertiary/aromatic N) is 3. The van der Waals surface area contributed by atoms with Crippen molar-refractivity contribution in [3.8, 4) is 11.1 Å². The van der Waals surface area contributed by atoms with Crippen molar-refractivity contribution in [3.63, 3.8) is 0 Å². The highest BCUT2D eigenvalue weighted by molar-refractivity contribution is 5.61. The largest absolute Gasteiger partial charge is 0.396 e. The molecule has 0 spiro atoms. The molecule has 0 radical (unpaired) electrons. The van der Waals surface area contributed by atoms with Crippen LogP contribution in [0.15, 0.2) is 42.7 Å². The van der Waals surface area contributed by atoms with Crippen LogP contribution in [0.5, 0.6) is 0 Å². The Morgan fingerprint density at radius 1 is 1.10 bits per heavy atom. The molecule has 1 aromatic heterocycles. The van der Waals surface area contributed by atoms with Crippen LogP contribution in [0, 0.1) is 5.92 Å². The maximum atomic E-state index is 9.00. The molecule has 2 aromatic rings. The van der Waals surface area contributed by atoms with Crippen LogP contribution in [0.3, 0.4) is 0 Å². The van der Waals surface area contributed by atoms with E-state index in [0.29, 0.717) is 5.92 Å². The molecule has 1 aliphatic rings. The highest BCUT2D eigenvalue weighted by Crippen LogP contribution is 2.24. The van der Waals surface area contributed by atoms with Crippen LogP contribution >= 0.6 is 0 Å². The molecular weight excluding hydrogens is 250 g/mol. The predicted molar refractivity (Wildman–Crippen MR) is 79.5 cm³/mol. The first-order chi connectivity index (χ1) is 9.86. The van der Waals surface area contributed by atoms with Crippen molar-refractivity contribution in [2.75, 3.05) is 24.6 Å². The first-order valence-electron chi connectivity index (χ1n) is 7.10. The maximum Gasteiger partial charge on any atom is 0.225 e. The Kier molecular flexibility index (Phi) is 3.92. The summed E-state index contributed by atoms with van der Waals surface area (Å²) in [5.74, 6) is 1.36. The number of aliphatic hydroxyl groups is 1. The standard InChI is InChI=1S/C16H19N3O/c20-9-7-13-6-8-19(12-13)16-17-10-15(11-18-16)14-4-2-1-3-5-14/h1-5,10-11,13,20H,6-9,12H2. The van der Waals surface area contributed by atoms with Crippen molar-refractivity contribution >= 4 is 5.95 Å². The van der Waals surface area contributed by atoms with E-state index in [1.54, 1.807) is 0 Å². The van der Waals surface area contributed by atoms with Gasteiger partial charge in [-0.3, -0.25) is 0 Å². The third-order valence-corrected chi connectivity index (χ3v) is 3.85. The number of hydrogen-bond acceptors (Lipinski definition) is 4. The lowest BCUT2D eigenvalue weighted by atomic mass is 10.1. The van der Waals surface area contributed by atoms with Gasteiger partial charge in [0.1, 0.15) is 0 Å². The van der Waals surface area contributed by atoms with Crippen LogP contribution < -0.4 is 4.90 Å². The second kappa shape index (κ2) is 6.01. The van der Waals surface area contributed by atoms with Crippen LogP contribution in [-0.2, 0) is 0 Å². The van der Waals surface area contributed by atoms with Crippen LogP contribution in [0.1, 0.15) is 12.8 Å². The Morgan fingerprint density at radius 3 is 2.55 bits per heavy atom. The van der Waals surface area contributed by atoms with Gasteiger partial charge in [-0.25, -0.2) is 9.97 Å². The Bertz CT molecular complexity index is 541. The normalized spacial score (nSPS) is 18.4. The molecule has 0 saturated carbocycles. The van der Waals surface area contributed by atoms with E-state index in [-0.39, 0.29) is 6.61 Å². The number of aliphatic hydroxyl groups excluding tert-OH is 1. The Labute approximate surface area is 119 Å². The van der Waals surface area contributed by atoms with Crippen molar-refractivity contribution in [2.45, 2.75) is 12.8 Å².